The molecule has 0 aliphatic carbocycles. The summed E-state index contributed by atoms with van der Waals surface area (Å²) in [6.07, 6.45) is 9.50. The van der Waals surface area contributed by atoms with Gasteiger partial charge in [-0.2, -0.15) is 14.9 Å². The van der Waals surface area contributed by atoms with Crippen molar-refractivity contribution in [2.24, 2.45) is 16.1 Å². The molecule has 0 radical (unpaired) electrons. The predicted molar refractivity (Wildman–Crippen MR) is 201 cm³/mol. The molecule has 1 unspecified atom stereocenters. The molecule has 3 aromatic heterocycles. The SMILES string of the molecule is CCCCCC/C=C/CC(CC(=O)OCCOCCOCCOCCN(CC)c1nc(-c2cccs2)c(N=Nc2snc(C#N)c2C#N)s1)C(=O)O. The van der Waals surface area contributed by atoms with Crippen LogP contribution in [-0.2, 0) is 28.5 Å². The fourth-order valence-corrected chi connectivity index (χ4v) is 7.01. The van der Waals surface area contributed by atoms with Crippen LogP contribution in [0.3, 0.4) is 0 Å². The van der Waals surface area contributed by atoms with Crippen molar-refractivity contribution in [2.75, 3.05) is 64.2 Å². The number of nitrogens with zero attached hydrogens (tertiary/aromatic N) is 7. The van der Waals surface area contributed by atoms with Gasteiger partial charge in [-0.15, -0.1) is 21.6 Å². The van der Waals surface area contributed by atoms with Crippen molar-refractivity contribution in [1.82, 2.24) is 9.36 Å². The van der Waals surface area contributed by atoms with Crippen LogP contribution >= 0.6 is 34.2 Å². The van der Waals surface area contributed by atoms with Crippen molar-refractivity contribution in [3.63, 3.8) is 0 Å². The molecule has 0 spiro atoms. The molecule has 3 heterocycles. The van der Waals surface area contributed by atoms with E-state index in [9.17, 15) is 25.2 Å². The van der Waals surface area contributed by atoms with Gasteiger partial charge in [0.2, 0.25) is 0 Å². The molecule has 0 bridgehead atoms. The number of allylic oxidation sites excluding steroid dienone is 2. The van der Waals surface area contributed by atoms with E-state index in [2.05, 4.69) is 26.4 Å². The molecule has 0 amide bonds. The minimum atomic E-state index is -1.01. The molecule has 0 aromatic carbocycles. The maximum Gasteiger partial charge on any atom is 0.307 e. The van der Waals surface area contributed by atoms with E-state index >= 15 is 0 Å². The smallest absolute Gasteiger partial charge is 0.307 e. The third kappa shape index (κ3) is 14.9. The quantitative estimate of drug-likeness (QED) is 0.0341. The lowest BCUT2D eigenvalue weighted by Crippen LogP contribution is -2.27. The van der Waals surface area contributed by atoms with E-state index in [1.54, 1.807) is 0 Å². The van der Waals surface area contributed by atoms with Gasteiger partial charge in [-0.3, -0.25) is 9.59 Å². The topological polar surface area (TPSA) is 193 Å². The second-order valence-electron chi connectivity index (χ2n) is 11.2. The van der Waals surface area contributed by atoms with Gasteiger partial charge in [0.15, 0.2) is 20.8 Å². The molecule has 3 aromatic rings. The van der Waals surface area contributed by atoms with E-state index in [-0.39, 0.29) is 35.9 Å². The molecule has 1 atom stereocenters. The summed E-state index contributed by atoms with van der Waals surface area (Å²) in [5.41, 5.74) is 0.832. The highest BCUT2D eigenvalue weighted by Crippen LogP contribution is 2.42. The van der Waals surface area contributed by atoms with Crippen LogP contribution in [0.2, 0.25) is 0 Å². The van der Waals surface area contributed by atoms with Crippen molar-refractivity contribution in [2.45, 2.75) is 58.8 Å². The fraction of sp³-hybridized carbons (Fsp3) is 0.543. The Morgan fingerprint density at radius 1 is 0.981 bits per heavy atom. The monoisotopic (exact) mass is 771 g/mol. The lowest BCUT2D eigenvalue weighted by molar-refractivity contribution is -0.152. The summed E-state index contributed by atoms with van der Waals surface area (Å²) in [6, 6.07) is 7.77. The third-order valence-corrected chi connectivity index (χ3v) is 10.1. The summed E-state index contributed by atoms with van der Waals surface area (Å²) in [7, 11) is 0. The molecule has 52 heavy (non-hydrogen) atoms. The molecule has 3 rings (SSSR count). The zero-order valence-electron chi connectivity index (χ0n) is 29.5. The Balaban J connectivity index is 1.30. The summed E-state index contributed by atoms with van der Waals surface area (Å²) in [6.45, 7) is 7.60. The first-order valence-corrected chi connectivity index (χ1v) is 19.7. The number of rotatable bonds is 27. The molecular weight excluding hydrogens is 727 g/mol. The van der Waals surface area contributed by atoms with Gasteiger partial charge < -0.3 is 29.0 Å². The van der Waals surface area contributed by atoms with Crippen LogP contribution in [0.15, 0.2) is 39.9 Å². The van der Waals surface area contributed by atoms with Crippen LogP contribution in [0, 0.1) is 28.6 Å². The summed E-state index contributed by atoms with van der Waals surface area (Å²) < 4.78 is 25.9. The van der Waals surface area contributed by atoms with Crippen molar-refractivity contribution in [3.8, 4) is 22.7 Å². The van der Waals surface area contributed by atoms with Crippen LogP contribution in [0.5, 0.6) is 0 Å². The highest BCUT2D eigenvalue weighted by molar-refractivity contribution is 7.20. The molecule has 0 aliphatic rings. The maximum absolute atomic E-state index is 12.1. The Bertz CT molecular complexity index is 1640. The fourth-order valence-electron chi connectivity index (χ4n) is 4.61. The number of carboxylic acids is 1. The van der Waals surface area contributed by atoms with Gasteiger partial charge in [-0.1, -0.05) is 55.7 Å². The Labute approximate surface area is 316 Å². The number of nitriles is 2. The lowest BCUT2D eigenvalue weighted by atomic mass is 10.0. The molecule has 14 nitrogen and oxygen atoms in total. The van der Waals surface area contributed by atoms with Gasteiger partial charge in [-0.25, -0.2) is 4.98 Å². The molecule has 0 saturated carbocycles. The molecule has 280 valence electrons. The number of esters is 1. The number of carboxylic acid groups (broad SMARTS) is 1. The van der Waals surface area contributed by atoms with E-state index in [0.717, 1.165) is 34.4 Å². The van der Waals surface area contributed by atoms with E-state index in [1.807, 2.05) is 48.7 Å². The van der Waals surface area contributed by atoms with Gasteiger partial charge in [0.05, 0.1) is 56.9 Å². The van der Waals surface area contributed by atoms with Crippen LogP contribution in [0.1, 0.15) is 70.1 Å². The number of aliphatic carboxylic acids is 1. The Hall–Kier alpha value is -4.10. The number of aromatic nitrogens is 2. The lowest BCUT2D eigenvalue weighted by Gasteiger charge is -2.19. The second-order valence-corrected chi connectivity index (χ2v) is 13.9. The van der Waals surface area contributed by atoms with Gasteiger partial charge in [-0.05, 0) is 49.2 Å². The highest BCUT2D eigenvalue weighted by Gasteiger charge is 2.21. The van der Waals surface area contributed by atoms with Crippen molar-refractivity contribution in [1.29, 1.82) is 10.5 Å². The number of hydrogen-bond donors (Lipinski definition) is 1. The summed E-state index contributed by atoms with van der Waals surface area (Å²) in [4.78, 5) is 31.5. The van der Waals surface area contributed by atoms with E-state index in [4.69, 9.17) is 23.9 Å². The zero-order chi connectivity index (χ0) is 37.4. The van der Waals surface area contributed by atoms with E-state index in [1.165, 1.54) is 41.9 Å². The number of ether oxygens (including phenoxy) is 4. The first-order chi connectivity index (χ1) is 25.4. The summed E-state index contributed by atoms with van der Waals surface area (Å²) in [5.74, 6) is -2.36. The Kier molecular flexibility index (Phi) is 20.3. The Morgan fingerprint density at radius 3 is 2.37 bits per heavy atom. The van der Waals surface area contributed by atoms with E-state index < -0.39 is 17.9 Å². The molecule has 1 N–H and O–H groups in total. The minimum Gasteiger partial charge on any atom is -0.481 e. The number of hydrogen-bond acceptors (Lipinski definition) is 16. The average molecular weight is 772 g/mol. The first-order valence-electron chi connectivity index (χ1n) is 17.2. The number of azo groups is 1. The molecule has 0 aliphatic heterocycles. The second kappa shape index (κ2) is 25.0. The molecule has 0 saturated heterocycles. The minimum absolute atomic E-state index is 0.0354. The van der Waals surface area contributed by atoms with Crippen molar-refractivity contribution in [3.05, 3.63) is 40.9 Å². The number of carbonyl (C=O) groups excluding carboxylic acids is 1. The number of likely N-dealkylation sites (N-methyl/N-ethyl adjacent to an activating group) is 1. The van der Waals surface area contributed by atoms with Gasteiger partial charge >= 0.3 is 11.9 Å². The molecule has 17 heteroatoms. The summed E-state index contributed by atoms with van der Waals surface area (Å²) in [5, 5.41) is 40.2. The van der Waals surface area contributed by atoms with Gasteiger partial charge in [0, 0.05) is 13.1 Å². The van der Waals surface area contributed by atoms with Crippen LogP contribution in [0.4, 0.5) is 15.1 Å². The van der Waals surface area contributed by atoms with Crippen LogP contribution < -0.4 is 4.90 Å². The van der Waals surface area contributed by atoms with Crippen molar-refractivity contribution >= 4 is 61.3 Å². The highest BCUT2D eigenvalue weighted by atomic mass is 32.1. The zero-order valence-corrected chi connectivity index (χ0v) is 32.0. The normalized spacial score (nSPS) is 11.9. The Morgan fingerprint density at radius 2 is 1.71 bits per heavy atom. The predicted octanol–water partition coefficient (Wildman–Crippen LogP) is 7.91. The average Bonchev–Trinajstić information content (AvgIpc) is 3.92. The number of thiazole rings is 1. The standard InChI is InChI=1S/C35H45N7O7S3/c1-3-5-6-7-8-9-10-12-26(34(44)45)23-30(43)49-21-20-48-19-18-47-17-16-46-15-14-42(4-2)35-38-31(29-13-11-22-50-29)33(51-35)40-39-32-27(24-36)28(25-37)41-52-32/h9-11,13,22,26H,3-8,12,14-21,23H2,1-2H3,(H,44,45)/b10-9+,40-39?. The van der Waals surface area contributed by atoms with Gasteiger partial charge in [0.25, 0.3) is 0 Å². The third-order valence-electron chi connectivity index (χ3n) is 7.44. The number of anilines is 1. The number of thiophene rings is 1. The molecular formula is C35H45N7O7S3. The summed E-state index contributed by atoms with van der Waals surface area (Å²) >= 11 is 3.87. The number of carbonyl (C=O) groups is 2. The van der Waals surface area contributed by atoms with E-state index in [0.29, 0.717) is 63.2 Å². The molecule has 0 fully saturated rings. The first kappa shape index (κ1) is 42.3. The van der Waals surface area contributed by atoms with Crippen LogP contribution in [0.25, 0.3) is 10.6 Å². The van der Waals surface area contributed by atoms with Crippen LogP contribution in [-0.4, -0.2) is 85.7 Å². The number of unbranched alkanes of at least 4 members (excludes halogenated alkanes) is 4. The largest absolute Gasteiger partial charge is 0.481 e. The van der Waals surface area contributed by atoms with Crippen molar-refractivity contribution < 1.29 is 33.6 Å². The maximum atomic E-state index is 12.1. The van der Waals surface area contributed by atoms with Gasteiger partial charge in [0.1, 0.15) is 30.0 Å².